The number of sulfonamides is 1. The van der Waals surface area contributed by atoms with Crippen LogP contribution in [0.15, 0.2) is 78.0 Å². The Morgan fingerprint density at radius 2 is 1.67 bits per heavy atom. The number of nitrogens with zero attached hydrogens (tertiary/aromatic N) is 1. The van der Waals surface area contributed by atoms with Gasteiger partial charge in [-0.25, -0.2) is 13.1 Å². The summed E-state index contributed by atoms with van der Waals surface area (Å²) in [6.45, 7) is 0.200. The molecular formula is C21H20N2O3S. The highest BCUT2D eigenvalue weighted by Crippen LogP contribution is 2.17. The number of hydrogen-bond donors (Lipinski definition) is 1. The monoisotopic (exact) mass is 380 g/mol. The molecule has 0 amide bonds. The van der Waals surface area contributed by atoms with Gasteiger partial charge in [0, 0.05) is 18.9 Å². The van der Waals surface area contributed by atoms with Crippen LogP contribution in [-0.4, -0.2) is 20.5 Å². The van der Waals surface area contributed by atoms with E-state index in [0.29, 0.717) is 5.75 Å². The highest BCUT2D eigenvalue weighted by atomic mass is 32.2. The summed E-state index contributed by atoms with van der Waals surface area (Å²) in [5, 5.41) is 0. The second-order valence-electron chi connectivity index (χ2n) is 5.81. The molecule has 3 rings (SSSR count). The Kier molecular flexibility index (Phi) is 6.01. The van der Waals surface area contributed by atoms with Gasteiger partial charge in [-0.05, 0) is 53.1 Å². The number of rotatable bonds is 7. The molecule has 0 aliphatic rings. The molecule has 0 aliphatic heterocycles. The number of nitrogens with one attached hydrogen (secondary N) is 1. The maximum atomic E-state index is 12.5. The van der Waals surface area contributed by atoms with E-state index in [4.69, 9.17) is 4.74 Å². The summed E-state index contributed by atoms with van der Waals surface area (Å²) in [5.41, 5.74) is 2.87. The lowest BCUT2D eigenvalue weighted by Gasteiger charge is -2.10. The number of pyridine rings is 1. The molecule has 6 heteroatoms. The van der Waals surface area contributed by atoms with Gasteiger partial charge in [0.2, 0.25) is 10.0 Å². The van der Waals surface area contributed by atoms with Crippen LogP contribution in [0.5, 0.6) is 5.75 Å². The fraction of sp³-hybridized carbons (Fsp3) is 0.0952. The molecule has 1 aromatic heterocycles. The summed E-state index contributed by atoms with van der Waals surface area (Å²) in [5.74, 6) is 0.612. The summed E-state index contributed by atoms with van der Waals surface area (Å²) in [4.78, 5) is 4.20. The van der Waals surface area contributed by atoms with Crippen molar-refractivity contribution >= 4 is 22.2 Å². The number of benzene rings is 2. The minimum atomic E-state index is -3.61. The van der Waals surface area contributed by atoms with Gasteiger partial charge in [0.05, 0.1) is 12.0 Å². The van der Waals surface area contributed by atoms with Crippen molar-refractivity contribution in [3.05, 3.63) is 89.7 Å². The van der Waals surface area contributed by atoms with Gasteiger partial charge in [-0.15, -0.1) is 0 Å². The Bertz CT molecular complexity index is 1010. The lowest BCUT2D eigenvalue weighted by Crippen LogP contribution is -2.23. The number of aromatic nitrogens is 1. The summed E-state index contributed by atoms with van der Waals surface area (Å²) in [7, 11) is -2.07. The topological polar surface area (TPSA) is 68.3 Å². The zero-order chi connectivity index (χ0) is 19.1. The Morgan fingerprint density at radius 1 is 0.963 bits per heavy atom. The van der Waals surface area contributed by atoms with Gasteiger partial charge in [0.15, 0.2) is 0 Å². The molecule has 0 saturated carbocycles. The van der Waals surface area contributed by atoms with Crippen LogP contribution in [0.3, 0.4) is 0 Å². The van der Waals surface area contributed by atoms with Crippen LogP contribution in [-0.2, 0) is 16.6 Å². The van der Waals surface area contributed by atoms with Crippen LogP contribution in [0.25, 0.3) is 12.2 Å². The van der Waals surface area contributed by atoms with Gasteiger partial charge in [0.25, 0.3) is 0 Å². The molecule has 0 spiro atoms. The van der Waals surface area contributed by atoms with E-state index in [0.717, 1.165) is 16.7 Å². The Labute approximate surface area is 159 Å². The first-order valence-electron chi connectivity index (χ1n) is 8.38. The first kappa shape index (κ1) is 18.8. The first-order valence-corrected chi connectivity index (χ1v) is 9.86. The van der Waals surface area contributed by atoms with Gasteiger partial charge >= 0.3 is 0 Å². The zero-order valence-electron chi connectivity index (χ0n) is 14.9. The smallest absolute Gasteiger partial charge is 0.240 e. The van der Waals surface area contributed by atoms with Crippen LogP contribution >= 0.6 is 0 Å². The van der Waals surface area contributed by atoms with Gasteiger partial charge in [-0.2, -0.15) is 0 Å². The normalized spacial score (nSPS) is 11.6. The van der Waals surface area contributed by atoms with Gasteiger partial charge in [-0.1, -0.05) is 36.4 Å². The van der Waals surface area contributed by atoms with Crippen molar-refractivity contribution in [3.63, 3.8) is 0 Å². The average molecular weight is 380 g/mol. The molecule has 0 fully saturated rings. The second kappa shape index (κ2) is 8.62. The van der Waals surface area contributed by atoms with Crippen LogP contribution in [0.2, 0.25) is 0 Å². The third-order valence-corrected chi connectivity index (χ3v) is 5.46. The van der Waals surface area contributed by atoms with Gasteiger partial charge < -0.3 is 4.74 Å². The lowest BCUT2D eigenvalue weighted by molar-refractivity contribution is 0.414. The number of hydrogen-bond acceptors (Lipinski definition) is 4. The predicted octanol–water partition coefficient (Wildman–Crippen LogP) is 3.74. The maximum Gasteiger partial charge on any atom is 0.240 e. The minimum absolute atomic E-state index is 0.200. The molecule has 0 saturated heterocycles. The minimum Gasteiger partial charge on any atom is -0.497 e. The molecule has 0 atom stereocenters. The molecule has 5 nitrogen and oxygen atoms in total. The maximum absolute atomic E-state index is 12.5. The molecule has 0 aliphatic carbocycles. The zero-order valence-corrected chi connectivity index (χ0v) is 15.7. The molecule has 0 unspecified atom stereocenters. The summed E-state index contributed by atoms with van der Waals surface area (Å²) in [6, 6.07) is 17.8. The van der Waals surface area contributed by atoms with Crippen molar-refractivity contribution < 1.29 is 13.2 Å². The van der Waals surface area contributed by atoms with Crippen molar-refractivity contribution in [1.29, 1.82) is 0 Å². The van der Waals surface area contributed by atoms with Crippen molar-refractivity contribution in [2.45, 2.75) is 11.4 Å². The average Bonchev–Trinajstić information content (AvgIpc) is 2.72. The molecule has 0 bridgehead atoms. The van der Waals surface area contributed by atoms with Gasteiger partial charge in [0.1, 0.15) is 5.75 Å². The summed E-state index contributed by atoms with van der Waals surface area (Å²) >= 11 is 0. The molecule has 2 aromatic carbocycles. The van der Waals surface area contributed by atoms with Crippen molar-refractivity contribution in [2.24, 2.45) is 0 Å². The Morgan fingerprint density at radius 3 is 2.37 bits per heavy atom. The fourth-order valence-corrected chi connectivity index (χ4v) is 3.54. The van der Waals surface area contributed by atoms with Crippen LogP contribution in [0.1, 0.15) is 16.7 Å². The highest BCUT2D eigenvalue weighted by Gasteiger charge is 2.14. The van der Waals surface area contributed by atoms with Crippen LogP contribution in [0.4, 0.5) is 0 Å². The molecular weight excluding hydrogens is 360 g/mol. The van der Waals surface area contributed by atoms with E-state index in [9.17, 15) is 8.42 Å². The van der Waals surface area contributed by atoms with Crippen molar-refractivity contribution in [2.75, 3.05) is 7.11 Å². The number of methoxy groups -OCH3 is 1. The van der Waals surface area contributed by atoms with Gasteiger partial charge in [-0.3, -0.25) is 4.98 Å². The molecule has 0 radical (unpaired) electrons. The van der Waals surface area contributed by atoms with E-state index < -0.39 is 10.0 Å². The van der Waals surface area contributed by atoms with E-state index in [1.54, 1.807) is 24.5 Å². The van der Waals surface area contributed by atoms with Crippen molar-refractivity contribution in [3.8, 4) is 5.75 Å². The standard InChI is InChI=1S/C21H20N2O3S/c1-26-20-8-10-21(11-9-20)27(24,25)23-16-19-5-3-2-4-18(19)7-6-17-12-14-22-15-13-17/h2-15,23H,16H2,1H3/b7-6+. The molecule has 27 heavy (non-hydrogen) atoms. The number of ether oxygens (including phenoxy) is 1. The Balaban J connectivity index is 1.75. The molecule has 138 valence electrons. The largest absolute Gasteiger partial charge is 0.497 e. The highest BCUT2D eigenvalue weighted by molar-refractivity contribution is 7.89. The van der Waals surface area contributed by atoms with Crippen molar-refractivity contribution in [1.82, 2.24) is 9.71 Å². The summed E-state index contributed by atoms with van der Waals surface area (Å²) in [6.07, 6.45) is 7.40. The van der Waals surface area contributed by atoms with E-state index in [-0.39, 0.29) is 11.4 Å². The van der Waals surface area contributed by atoms with E-state index in [1.807, 2.05) is 48.6 Å². The first-order chi connectivity index (χ1) is 13.1. The Hall–Kier alpha value is -2.96. The van der Waals surface area contributed by atoms with E-state index in [2.05, 4.69) is 9.71 Å². The van der Waals surface area contributed by atoms with E-state index >= 15 is 0 Å². The molecule has 1 heterocycles. The third-order valence-electron chi connectivity index (χ3n) is 4.04. The van der Waals surface area contributed by atoms with Crippen LogP contribution in [0, 0.1) is 0 Å². The van der Waals surface area contributed by atoms with Crippen LogP contribution < -0.4 is 9.46 Å². The molecule has 1 N–H and O–H groups in total. The second-order valence-corrected chi connectivity index (χ2v) is 7.58. The van der Waals surface area contributed by atoms with E-state index in [1.165, 1.54) is 19.2 Å². The summed E-state index contributed by atoms with van der Waals surface area (Å²) < 4.78 is 32.8. The fourth-order valence-electron chi connectivity index (χ4n) is 2.53. The third kappa shape index (κ3) is 5.03. The molecule has 3 aromatic rings. The predicted molar refractivity (Wildman–Crippen MR) is 107 cm³/mol. The quantitative estimate of drug-likeness (QED) is 0.678. The lowest BCUT2D eigenvalue weighted by atomic mass is 10.1. The SMILES string of the molecule is COc1ccc(S(=O)(=O)NCc2ccccc2/C=C/c2ccncc2)cc1.